The zero-order chi connectivity index (χ0) is 17.5. The smallest absolute Gasteiger partial charge is 0.343 e. The summed E-state index contributed by atoms with van der Waals surface area (Å²) < 4.78 is 15.6. The van der Waals surface area contributed by atoms with E-state index in [0.29, 0.717) is 23.8 Å². The summed E-state index contributed by atoms with van der Waals surface area (Å²) in [4.78, 5) is 23.9. The number of methoxy groups -OCH3 is 1. The van der Waals surface area contributed by atoms with E-state index >= 15 is 0 Å². The molecule has 5 heteroatoms. The zero-order valence-electron chi connectivity index (χ0n) is 13.9. The third-order valence-electron chi connectivity index (χ3n) is 3.17. The molecule has 24 heavy (non-hydrogen) atoms. The lowest BCUT2D eigenvalue weighted by Gasteiger charge is -2.10. The Morgan fingerprint density at radius 2 is 1.62 bits per heavy atom. The van der Waals surface area contributed by atoms with Crippen LogP contribution < -0.4 is 9.47 Å². The van der Waals surface area contributed by atoms with Crippen molar-refractivity contribution in [3.63, 3.8) is 0 Å². The number of para-hydroxylation sites is 1. The first-order valence-corrected chi connectivity index (χ1v) is 7.63. The molecule has 0 heterocycles. The summed E-state index contributed by atoms with van der Waals surface area (Å²) in [6.07, 6.45) is 0. The molecule has 0 aromatic heterocycles. The largest absolute Gasteiger partial charge is 0.493 e. The first-order valence-electron chi connectivity index (χ1n) is 7.63. The van der Waals surface area contributed by atoms with Gasteiger partial charge in [0.2, 0.25) is 0 Å². The van der Waals surface area contributed by atoms with Crippen LogP contribution in [0.15, 0.2) is 48.5 Å². The molecule has 0 saturated carbocycles. The Morgan fingerprint density at radius 3 is 2.25 bits per heavy atom. The Hall–Kier alpha value is -2.82. The van der Waals surface area contributed by atoms with Crippen molar-refractivity contribution in [1.82, 2.24) is 0 Å². The normalized spacial score (nSPS) is 10.3. The number of esters is 2. The summed E-state index contributed by atoms with van der Waals surface area (Å²) in [6, 6.07) is 13.1. The average Bonchev–Trinajstić information content (AvgIpc) is 2.60. The van der Waals surface area contributed by atoms with Crippen molar-refractivity contribution < 1.29 is 23.8 Å². The van der Waals surface area contributed by atoms with Gasteiger partial charge in [-0.3, -0.25) is 0 Å². The van der Waals surface area contributed by atoms with Crippen LogP contribution in [0.2, 0.25) is 0 Å². The molecule has 0 radical (unpaired) electrons. The van der Waals surface area contributed by atoms with Gasteiger partial charge in [0.25, 0.3) is 0 Å². The Morgan fingerprint density at radius 1 is 0.958 bits per heavy atom. The molecule has 2 aromatic carbocycles. The zero-order valence-corrected chi connectivity index (χ0v) is 13.9. The van der Waals surface area contributed by atoms with Gasteiger partial charge in [-0.2, -0.15) is 0 Å². The van der Waals surface area contributed by atoms with E-state index in [-0.39, 0.29) is 11.3 Å². The van der Waals surface area contributed by atoms with Gasteiger partial charge < -0.3 is 14.2 Å². The Labute approximate surface area is 141 Å². The fourth-order valence-corrected chi connectivity index (χ4v) is 1.94. The molecule has 0 unspecified atom stereocenters. The highest BCUT2D eigenvalue weighted by Crippen LogP contribution is 2.21. The van der Waals surface area contributed by atoms with Crippen molar-refractivity contribution >= 4 is 11.9 Å². The second kappa shape index (κ2) is 8.15. The number of ether oxygens (including phenoxy) is 3. The summed E-state index contributed by atoms with van der Waals surface area (Å²) in [5.41, 5.74) is 0.566. The van der Waals surface area contributed by atoms with Gasteiger partial charge in [0.05, 0.1) is 19.3 Å². The van der Waals surface area contributed by atoms with Crippen LogP contribution in [0, 0.1) is 5.92 Å². The summed E-state index contributed by atoms with van der Waals surface area (Å²) in [6.45, 7) is 4.73. The highest BCUT2D eigenvalue weighted by atomic mass is 16.5. The van der Waals surface area contributed by atoms with Crippen LogP contribution in [0.25, 0.3) is 0 Å². The lowest BCUT2D eigenvalue weighted by molar-refractivity contribution is 0.0593. The van der Waals surface area contributed by atoms with Gasteiger partial charge in [-0.15, -0.1) is 0 Å². The first kappa shape index (κ1) is 17.5. The second-order valence-electron chi connectivity index (χ2n) is 5.61. The predicted octanol–water partition coefficient (Wildman–Crippen LogP) is 3.73. The molecule has 126 valence electrons. The fraction of sp³-hybridized carbons (Fsp3) is 0.263. The summed E-state index contributed by atoms with van der Waals surface area (Å²) in [5, 5.41) is 0. The van der Waals surface area contributed by atoms with Gasteiger partial charge in [-0.1, -0.05) is 26.0 Å². The molecule has 0 spiro atoms. The van der Waals surface area contributed by atoms with Crippen LogP contribution in [0.3, 0.4) is 0 Å². The molecule has 0 saturated heterocycles. The molecular formula is C19H20O5. The Balaban J connectivity index is 2.09. The van der Waals surface area contributed by atoms with E-state index in [1.807, 2.05) is 0 Å². The molecule has 0 bridgehead atoms. The van der Waals surface area contributed by atoms with Crippen molar-refractivity contribution in [2.75, 3.05) is 13.7 Å². The van der Waals surface area contributed by atoms with Crippen LogP contribution in [0.1, 0.15) is 34.6 Å². The minimum Gasteiger partial charge on any atom is -0.493 e. The van der Waals surface area contributed by atoms with E-state index in [9.17, 15) is 9.59 Å². The SMILES string of the molecule is COC(=O)c1ccccc1OC(=O)c1ccc(OCC(C)C)cc1. The summed E-state index contributed by atoms with van der Waals surface area (Å²) in [7, 11) is 1.27. The van der Waals surface area contributed by atoms with Gasteiger partial charge in [0.1, 0.15) is 17.1 Å². The van der Waals surface area contributed by atoms with Gasteiger partial charge >= 0.3 is 11.9 Å². The van der Waals surface area contributed by atoms with E-state index in [0.717, 1.165) is 0 Å². The molecule has 0 N–H and O–H groups in total. The second-order valence-corrected chi connectivity index (χ2v) is 5.61. The quantitative estimate of drug-likeness (QED) is 0.597. The number of carbonyl (C=O) groups excluding carboxylic acids is 2. The Kier molecular flexibility index (Phi) is 5.95. The van der Waals surface area contributed by atoms with Crippen molar-refractivity contribution in [2.45, 2.75) is 13.8 Å². The lowest BCUT2D eigenvalue weighted by atomic mass is 10.2. The predicted molar refractivity (Wildman–Crippen MR) is 89.5 cm³/mol. The molecule has 0 aliphatic carbocycles. The highest BCUT2D eigenvalue weighted by molar-refractivity contribution is 5.96. The third kappa shape index (κ3) is 4.59. The number of benzene rings is 2. The topological polar surface area (TPSA) is 61.8 Å². The molecule has 2 aromatic rings. The van der Waals surface area contributed by atoms with E-state index in [2.05, 4.69) is 18.6 Å². The maximum Gasteiger partial charge on any atom is 0.343 e. The van der Waals surface area contributed by atoms with E-state index in [1.54, 1.807) is 42.5 Å². The molecule has 0 aliphatic heterocycles. The van der Waals surface area contributed by atoms with Gasteiger partial charge in [0.15, 0.2) is 0 Å². The summed E-state index contributed by atoms with van der Waals surface area (Å²) in [5.74, 6) is 0.159. The number of hydrogen-bond acceptors (Lipinski definition) is 5. The molecule has 5 nitrogen and oxygen atoms in total. The number of hydrogen-bond donors (Lipinski definition) is 0. The standard InChI is InChI=1S/C19H20O5/c1-13(2)12-23-15-10-8-14(9-11-15)18(20)24-17-7-5-4-6-16(17)19(21)22-3/h4-11,13H,12H2,1-3H3. The minimum absolute atomic E-state index is 0.162. The molecular weight excluding hydrogens is 308 g/mol. The van der Waals surface area contributed by atoms with Crippen molar-refractivity contribution in [3.8, 4) is 11.5 Å². The van der Waals surface area contributed by atoms with Crippen LogP contribution in [0.5, 0.6) is 11.5 Å². The van der Waals surface area contributed by atoms with E-state index in [1.165, 1.54) is 13.2 Å². The monoisotopic (exact) mass is 328 g/mol. The van der Waals surface area contributed by atoms with Crippen LogP contribution in [-0.4, -0.2) is 25.7 Å². The Bertz CT molecular complexity index is 704. The lowest BCUT2D eigenvalue weighted by Crippen LogP contribution is -2.12. The average molecular weight is 328 g/mol. The highest BCUT2D eigenvalue weighted by Gasteiger charge is 2.16. The minimum atomic E-state index is -0.559. The molecule has 0 aliphatic rings. The van der Waals surface area contributed by atoms with Gasteiger partial charge in [0, 0.05) is 0 Å². The van der Waals surface area contributed by atoms with Gasteiger partial charge in [-0.25, -0.2) is 9.59 Å². The van der Waals surface area contributed by atoms with Crippen LogP contribution in [-0.2, 0) is 4.74 Å². The van der Waals surface area contributed by atoms with Crippen molar-refractivity contribution in [3.05, 3.63) is 59.7 Å². The van der Waals surface area contributed by atoms with Crippen molar-refractivity contribution in [1.29, 1.82) is 0 Å². The van der Waals surface area contributed by atoms with E-state index in [4.69, 9.17) is 9.47 Å². The molecule has 0 atom stereocenters. The van der Waals surface area contributed by atoms with Gasteiger partial charge in [-0.05, 0) is 42.3 Å². The third-order valence-corrected chi connectivity index (χ3v) is 3.17. The number of rotatable bonds is 6. The fourth-order valence-electron chi connectivity index (χ4n) is 1.94. The molecule has 0 amide bonds. The van der Waals surface area contributed by atoms with Crippen molar-refractivity contribution in [2.24, 2.45) is 5.92 Å². The molecule has 0 fully saturated rings. The maximum absolute atomic E-state index is 12.2. The number of carbonyl (C=O) groups is 2. The first-order chi connectivity index (χ1) is 11.5. The van der Waals surface area contributed by atoms with Crippen LogP contribution in [0.4, 0.5) is 0 Å². The summed E-state index contributed by atoms with van der Waals surface area (Å²) >= 11 is 0. The van der Waals surface area contributed by atoms with Crippen LogP contribution >= 0.6 is 0 Å². The van der Waals surface area contributed by atoms with E-state index < -0.39 is 11.9 Å². The molecule has 2 rings (SSSR count). The maximum atomic E-state index is 12.2.